The summed E-state index contributed by atoms with van der Waals surface area (Å²) in [5, 5.41) is 11.3. The summed E-state index contributed by atoms with van der Waals surface area (Å²) in [5.74, 6) is -0.423. The predicted octanol–water partition coefficient (Wildman–Crippen LogP) is 5.23. The number of nitrogens with two attached hydrogens (primary N) is 1. The van der Waals surface area contributed by atoms with Gasteiger partial charge in [0.15, 0.2) is 0 Å². The fourth-order valence-electron chi connectivity index (χ4n) is 4.53. The number of ether oxygens (including phenoxy) is 1. The van der Waals surface area contributed by atoms with Crippen molar-refractivity contribution in [2.45, 2.75) is 38.6 Å². The molecular weight excluding hydrogens is 532 g/mol. The quantitative estimate of drug-likeness (QED) is 0.253. The number of nitrogens with one attached hydrogen (secondary N) is 1. The number of hydrogen-bond donors (Lipinski definition) is 2. The second kappa shape index (κ2) is 11.7. The van der Waals surface area contributed by atoms with Crippen LogP contribution in [0.5, 0.6) is 5.75 Å². The fourth-order valence-corrected chi connectivity index (χ4v) is 6.13. The zero-order chi connectivity index (χ0) is 29.0. The van der Waals surface area contributed by atoms with E-state index in [2.05, 4.69) is 27.4 Å². The Balaban J connectivity index is 1.76. The Morgan fingerprint density at radius 3 is 2.40 bits per heavy atom. The minimum absolute atomic E-state index is 0.00184. The lowest BCUT2D eigenvalue weighted by atomic mass is 10.1. The van der Waals surface area contributed by atoms with Crippen molar-refractivity contribution >= 4 is 50.3 Å². The van der Waals surface area contributed by atoms with Crippen molar-refractivity contribution in [3.05, 3.63) is 65.7 Å². The Hall–Kier alpha value is -4.45. The largest absolute Gasteiger partial charge is 0.494 e. The number of nitrogen functional groups attached to an aromatic ring is 1. The molecule has 11 nitrogen and oxygen atoms in total. The van der Waals surface area contributed by atoms with Crippen LogP contribution in [0.25, 0.3) is 0 Å². The fraction of sp³-hybridized carbons (Fsp3) is 0.286. The molecule has 0 atom stereocenters. The number of nitrogens with zero attached hydrogens (tertiary/aromatic N) is 4. The number of methoxy groups -OCH3 is 1. The first-order chi connectivity index (χ1) is 19.1. The van der Waals surface area contributed by atoms with E-state index in [4.69, 9.17) is 10.5 Å². The number of rotatable bonds is 10. The number of amides is 2. The highest BCUT2D eigenvalue weighted by Gasteiger charge is 2.40. The molecule has 3 N–H and O–H groups in total. The van der Waals surface area contributed by atoms with Gasteiger partial charge in [0, 0.05) is 32.6 Å². The monoisotopic (exact) mass is 564 g/mol. The molecule has 3 aromatic rings. The number of carbonyl (C=O) groups excluding carboxylic acids is 2. The minimum Gasteiger partial charge on any atom is -0.494 e. The summed E-state index contributed by atoms with van der Waals surface area (Å²) < 4.78 is 31.8. The maximum Gasteiger partial charge on any atom is 0.269 e. The van der Waals surface area contributed by atoms with Crippen molar-refractivity contribution in [2.75, 3.05) is 36.1 Å². The van der Waals surface area contributed by atoms with Gasteiger partial charge in [0.1, 0.15) is 22.0 Å². The Kier molecular flexibility index (Phi) is 8.38. The van der Waals surface area contributed by atoms with Crippen LogP contribution in [0.2, 0.25) is 0 Å². The molecule has 2 amide bonds. The van der Waals surface area contributed by atoms with Gasteiger partial charge in [-0.3, -0.25) is 9.59 Å². The second-order valence-electron chi connectivity index (χ2n) is 9.21. The minimum atomic E-state index is -3.96. The Morgan fingerprint density at radius 2 is 1.77 bits per heavy atom. The summed E-state index contributed by atoms with van der Waals surface area (Å²) in [6, 6.07) is 16.0. The molecule has 12 heteroatoms. The lowest BCUT2D eigenvalue weighted by molar-refractivity contribution is -0.114. The van der Waals surface area contributed by atoms with E-state index in [9.17, 15) is 18.0 Å². The highest BCUT2D eigenvalue weighted by molar-refractivity contribution is 7.90. The van der Waals surface area contributed by atoms with Crippen molar-refractivity contribution in [3.8, 4) is 5.75 Å². The third-order valence-electron chi connectivity index (χ3n) is 6.36. The third kappa shape index (κ3) is 5.62. The lowest BCUT2D eigenvalue weighted by Gasteiger charge is -2.27. The molecule has 0 bridgehead atoms. The molecule has 0 fully saturated rings. The number of benzene rings is 3. The number of azo groups is 1. The van der Waals surface area contributed by atoms with E-state index in [1.165, 1.54) is 19.1 Å². The number of hydrogen-bond acceptors (Lipinski definition) is 9. The van der Waals surface area contributed by atoms with E-state index >= 15 is 0 Å². The first-order valence-electron chi connectivity index (χ1n) is 12.8. The van der Waals surface area contributed by atoms with E-state index in [1.807, 2.05) is 30.3 Å². The SMILES string of the molecule is CCCN(Cc1ccccc1)c1cc(NC(C)=O)c(/N=N/c2cc3c(cc2N)S(=O)(=O)N(CC)C3=O)cc1OC. The van der Waals surface area contributed by atoms with Gasteiger partial charge in [-0.05, 0) is 37.1 Å². The smallest absolute Gasteiger partial charge is 0.269 e. The molecular formula is C28H32N6O5S. The zero-order valence-corrected chi connectivity index (χ0v) is 23.7. The standard InChI is InChI=1S/C28H32N6O5S/c1-5-12-33(17-19-10-8-7-9-11-19)25-15-23(30-18(3)35)24(16-26(25)39-4)32-31-22-13-20-27(14-21(22)29)40(37,38)34(6-2)28(20)36/h7-11,13-16H,5-6,12,17,29H2,1-4H3,(H,30,35)/b32-31+. The van der Waals surface area contributed by atoms with Gasteiger partial charge in [0.25, 0.3) is 15.9 Å². The molecule has 3 aromatic carbocycles. The van der Waals surface area contributed by atoms with Crippen molar-refractivity contribution in [3.63, 3.8) is 0 Å². The summed E-state index contributed by atoms with van der Waals surface area (Å²) in [4.78, 5) is 26.8. The summed E-state index contributed by atoms with van der Waals surface area (Å²) in [7, 11) is -2.41. The van der Waals surface area contributed by atoms with Crippen molar-refractivity contribution in [2.24, 2.45) is 10.2 Å². The van der Waals surface area contributed by atoms with Crippen LogP contribution in [0.1, 0.15) is 43.1 Å². The van der Waals surface area contributed by atoms with E-state index in [0.29, 0.717) is 23.7 Å². The Labute approximate surface area is 233 Å². The van der Waals surface area contributed by atoms with Gasteiger partial charge in [0.2, 0.25) is 5.91 Å². The molecule has 0 aliphatic carbocycles. The highest BCUT2D eigenvalue weighted by atomic mass is 32.2. The first kappa shape index (κ1) is 28.6. The highest BCUT2D eigenvalue weighted by Crippen LogP contribution is 2.41. The van der Waals surface area contributed by atoms with Crippen LogP contribution in [0.15, 0.2) is 69.7 Å². The zero-order valence-electron chi connectivity index (χ0n) is 22.8. The molecule has 4 rings (SSSR count). The van der Waals surface area contributed by atoms with Gasteiger partial charge >= 0.3 is 0 Å². The Bertz CT molecular complexity index is 1570. The number of sulfonamides is 1. The lowest BCUT2D eigenvalue weighted by Crippen LogP contribution is -2.29. The van der Waals surface area contributed by atoms with Crippen LogP contribution < -0.4 is 20.7 Å². The van der Waals surface area contributed by atoms with Gasteiger partial charge in [-0.1, -0.05) is 37.3 Å². The van der Waals surface area contributed by atoms with Crippen LogP contribution in [-0.4, -0.2) is 44.7 Å². The molecule has 0 spiro atoms. The van der Waals surface area contributed by atoms with Crippen LogP contribution in [0, 0.1) is 0 Å². The summed E-state index contributed by atoms with van der Waals surface area (Å²) in [5.41, 5.74) is 8.83. The molecule has 0 saturated heterocycles. The Morgan fingerprint density at radius 1 is 1.07 bits per heavy atom. The van der Waals surface area contributed by atoms with Gasteiger partial charge in [-0.25, -0.2) is 12.7 Å². The maximum absolute atomic E-state index is 12.7. The van der Waals surface area contributed by atoms with Crippen molar-refractivity contribution in [1.82, 2.24) is 4.31 Å². The molecule has 40 heavy (non-hydrogen) atoms. The van der Waals surface area contributed by atoms with E-state index in [-0.39, 0.29) is 34.3 Å². The van der Waals surface area contributed by atoms with Gasteiger partial charge in [-0.15, -0.1) is 10.2 Å². The summed E-state index contributed by atoms with van der Waals surface area (Å²) >= 11 is 0. The van der Waals surface area contributed by atoms with Crippen molar-refractivity contribution < 1.29 is 22.7 Å². The molecule has 0 radical (unpaired) electrons. The average molecular weight is 565 g/mol. The van der Waals surface area contributed by atoms with Gasteiger partial charge < -0.3 is 20.7 Å². The van der Waals surface area contributed by atoms with Crippen molar-refractivity contribution in [1.29, 1.82) is 0 Å². The topological polar surface area (TPSA) is 147 Å². The second-order valence-corrected chi connectivity index (χ2v) is 11.0. The maximum atomic E-state index is 12.7. The van der Waals surface area contributed by atoms with Crippen LogP contribution >= 0.6 is 0 Å². The van der Waals surface area contributed by atoms with E-state index in [0.717, 1.165) is 28.5 Å². The third-order valence-corrected chi connectivity index (χ3v) is 8.26. The van der Waals surface area contributed by atoms with E-state index < -0.39 is 15.9 Å². The summed E-state index contributed by atoms with van der Waals surface area (Å²) in [6.45, 7) is 6.42. The molecule has 0 saturated carbocycles. The predicted molar refractivity (Wildman–Crippen MR) is 154 cm³/mol. The molecule has 1 aliphatic rings. The van der Waals surface area contributed by atoms with E-state index in [1.54, 1.807) is 26.2 Å². The number of anilines is 3. The number of carbonyl (C=O) groups is 2. The van der Waals surface area contributed by atoms with Crippen LogP contribution in [0.4, 0.5) is 28.4 Å². The normalized spacial score (nSPS) is 13.9. The van der Waals surface area contributed by atoms with Gasteiger partial charge in [0.05, 0.1) is 29.7 Å². The van der Waals surface area contributed by atoms with Crippen LogP contribution in [-0.2, 0) is 21.4 Å². The molecule has 1 aliphatic heterocycles. The molecule has 0 aromatic heterocycles. The molecule has 0 unspecified atom stereocenters. The average Bonchev–Trinajstić information content (AvgIpc) is 3.10. The number of fused-ring (bicyclic) bond motifs is 1. The van der Waals surface area contributed by atoms with Crippen LogP contribution in [0.3, 0.4) is 0 Å². The molecule has 210 valence electrons. The summed E-state index contributed by atoms with van der Waals surface area (Å²) in [6.07, 6.45) is 0.883. The van der Waals surface area contributed by atoms with Gasteiger partial charge in [-0.2, -0.15) is 0 Å². The molecule has 1 heterocycles. The first-order valence-corrected chi connectivity index (χ1v) is 14.3.